The van der Waals surface area contributed by atoms with Gasteiger partial charge in [0.1, 0.15) is 0 Å². The summed E-state index contributed by atoms with van der Waals surface area (Å²) in [5, 5.41) is 9.73. The van der Waals surface area contributed by atoms with E-state index in [4.69, 9.17) is 16.7 Å². The van der Waals surface area contributed by atoms with Gasteiger partial charge in [-0.3, -0.25) is 0 Å². The van der Waals surface area contributed by atoms with E-state index in [9.17, 15) is 4.79 Å². The zero-order valence-electron chi connectivity index (χ0n) is 10.5. The van der Waals surface area contributed by atoms with E-state index >= 15 is 0 Å². The van der Waals surface area contributed by atoms with E-state index in [2.05, 4.69) is 4.98 Å². The second-order valence-corrected chi connectivity index (χ2v) is 4.95. The summed E-state index contributed by atoms with van der Waals surface area (Å²) < 4.78 is 1.91. The van der Waals surface area contributed by atoms with Gasteiger partial charge in [0.25, 0.3) is 0 Å². The molecular weight excluding hydrogens is 276 g/mol. The highest BCUT2D eigenvalue weighted by Crippen LogP contribution is 2.18. The van der Waals surface area contributed by atoms with Gasteiger partial charge in [-0.2, -0.15) is 0 Å². The van der Waals surface area contributed by atoms with Gasteiger partial charge in [-0.1, -0.05) is 23.7 Å². The maximum absolute atomic E-state index is 11.0. The molecule has 0 spiro atoms. The first-order valence-corrected chi connectivity index (χ1v) is 6.44. The second kappa shape index (κ2) is 4.98. The van der Waals surface area contributed by atoms with Crippen molar-refractivity contribution in [2.24, 2.45) is 0 Å². The molecule has 20 heavy (non-hydrogen) atoms. The Morgan fingerprint density at radius 2 is 2.10 bits per heavy atom. The number of aromatic carboxylic acids is 1. The van der Waals surface area contributed by atoms with Crippen LogP contribution in [0.25, 0.3) is 11.0 Å². The molecule has 1 N–H and O–H groups in total. The normalized spacial score (nSPS) is 10.8. The highest BCUT2D eigenvalue weighted by atomic mass is 35.5. The Hall–Kier alpha value is -2.33. The monoisotopic (exact) mass is 286 g/mol. The predicted molar refractivity (Wildman–Crippen MR) is 77.2 cm³/mol. The largest absolute Gasteiger partial charge is 0.478 e. The molecule has 3 aromatic rings. The number of fused-ring (bicyclic) bond motifs is 1. The molecule has 0 radical (unpaired) electrons. The lowest BCUT2D eigenvalue weighted by molar-refractivity contribution is 0.0697. The molecule has 0 saturated carbocycles. The van der Waals surface area contributed by atoms with Crippen LogP contribution in [0.4, 0.5) is 0 Å². The number of nitrogens with zero attached hydrogens (tertiary/aromatic N) is 2. The van der Waals surface area contributed by atoms with Gasteiger partial charge in [0.2, 0.25) is 0 Å². The van der Waals surface area contributed by atoms with Crippen LogP contribution >= 0.6 is 11.6 Å². The number of rotatable bonds is 3. The standard InChI is InChI=1S/C15H11ClN2O2/c16-12-3-1-2-10(6-12)8-18-9-17-13-5-4-11(15(19)20)7-14(13)18/h1-7,9H,8H2,(H,19,20). The molecule has 0 aliphatic carbocycles. The predicted octanol–water partition coefficient (Wildman–Crippen LogP) is 3.44. The minimum absolute atomic E-state index is 0.255. The van der Waals surface area contributed by atoms with Crippen molar-refractivity contribution in [3.63, 3.8) is 0 Å². The average molecular weight is 287 g/mol. The van der Waals surface area contributed by atoms with Crippen LogP contribution in [0.5, 0.6) is 0 Å². The van der Waals surface area contributed by atoms with E-state index in [1.54, 1.807) is 24.5 Å². The number of hydrogen-bond donors (Lipinski definition) is 1. The summed E-state index contributed by atoms with van der Waals surface area (Å²) in [5.41, 5.74) is 2.87. The van der Waals surface area contributed by atoms with Crippen LogP contribution in [0.3, 0.4) is 0 Å². The van der Waals surface area contributed by atoms with Crippen molar-refractivity contribution >= 4 is 28.6 Å². The lowest BCUT2D eigenvalue weighted by Crippen LogP contribution is -2.00. The lowest BCUT2D eigenvalue weighted by Gasteiger charge is -2.05. The van der Waals surface area contributed by atoms with Crippen molar-refractivity contribution in [1.82, 2.24) is 9.55 Å². The Morgan fingerprint density at radius 3 is 2.85 bits per heavy atom. The first-order valence-electron chi connectivity index (χ1n) is 6.06. The maximum atomic E-state index is 11.0. The summed E-state index contributed by atoms with van der Waals surface area (Å²) in [6.07, 6.45) is 1.71. The maximum Gasteiger partial charge on any atom is 0.335 e. The Balaban J connectivity index is 2.03. The molecule has 0 atom stereocenters. The summed E-state index contributed by atoms with van der Waals surface area (Å²) in [6, 6.07) is 12.5. The molecule has 100 valence electrons. The Labute approximate surface area is 120 Å². The summed E-state index contributed by atoms with van der Waals surface area (Å²) in [7, 11) is 0. The van der Waals surface area contributed by atoms with Crippen LogP contribution in [-0.4, -0.2) is 20.6 Å². The van der Waals surface area contributed by atoms with Crippen LogP contribution in [0.15, 0.2) is 48.8 Å². The Bertz CT molecular complexity index is 795. The first kappa shape index (κ1) is 12.7. The van der Waals surface area contributed by atoms with E-state index in [-0.39, 0.29) is 5.56 Å². The highest BCUT2D eigenvalue weighted by molar-refractivity contribution is 6.30. The number of benzene rings is 2. The van der Waals surface area contributed by atoms with Crippen molar-refractivity contribution < 1.29 is 9.90 Å². The molecule has 3 rings (SSSR count). The van der Waals surface area contributed by atoms with Gasteiger partial charge in [0, 0.05) is 11.6 Å². The van der Waals surface area contributed by atoms with Gasteiger partial charge in [-0.05, 0) is 35.9 Å². The molecule has 0 saturated heterocycles. The van der Waals surface area contributed by atoms with Crippen molar-refractivity contribution in [3.8, 4) is 0 Å². The number of aromatic nitrogens is 2. The van der Waals surface area contributed by atoms with Gasteiger partial charge in [-0.25, -0.2) is 9.78 Å². The topological polar surface area (TPSA) is 55.1 Å². The minimum Gasteiger partial charge on any atom is -0.478 e. The van der Waals surface area contributed by atoms with Crippen LogP contribution in [-0.2, 0) is 6.54 Å². The molecule has 0 bridgehead atoms. The fraction of sp³-hybridized carbons (Fsp3) is 0.0667. The molecule has 0 aliphatic heterocycles. The Morgan fingerprint density at radius 1 is 1.25 bits per heavy atom. The Kier molecular flexibility index (Phi) is 3.16. The molecule has 0 aliphatic rings. The average Bonchev–Trinajstić information content (AvgIpc) is 2.81. The highest BCUT2D eigenvalue weighted by Gasteiger charge is 2.08. The number of carbonyl (C=O) groups is 1. The lowest BCUT2D eigenvalue weighted by atomic mass is 10.2. The van der Waals surface area contributed by atoms with Crippen LogP contribution in [0.1, 0.15) is 15.9 Å². The number of carboxylic acid groups (broad SMARTS) is 1. The molecule has 0 amide bonds. The number of halogens is 1. The summed E-state index contributed by atoms with van der Waals surface area (Å²) >= 11 is 5.97. The zero-order valence-corrected chi connectivity index (χ0v) is 11.2. The van der Waals surface area contributed by atoms with Crippen molar-refractivity contribution in [2.45, 2.75) is 6.54 Å². The zero-order chi connectivity index (χ0) is 14.1. The van der Waals surface area contributed by atoms with E-state index in [1.165, 1.54) is 0 Å². The van der Waals surface area contributed by atoms with Gasteiger partial charge in [0.05, 0.1) is 22.9 Å². The smallest absolute Gasteiger partial charge is 0.335 e. The molecule has 4 nitrogen and oxygen atoms in total. The van der Waals surface area contributed by atoms with Crippen LogP contribution < -0.4 is 0 Å². The molecule has 1 aromatic heterocycles. The van der Waals surface area contributed by atoms with Crippen LogP contribution in [0, 0.1) is 0 Å². The minimum atomic E-state index is -0.942. The van der Waals surface area contributed by atoms with E-state index in [0.29, 0.717) is 11.6 Å². The van der Waals surface area contributed by atoms with Crippen molar-refractivity contribution in [1.29, 1.82) is 0 Å². The number of hydrogen-bond acceptors (Lipinski definition) is 2. The fourth-order valence-electron chi connectivity index (χ4n) is 2.15. The van der Waals surface area contributed by atoms with Gasteiger partial charge in [-0.15, -0.1) is 0 Å². The molecule has 0 unspecified atom stereocenters. The van der Waals surface area contributed by atoms with Gasteiger partial charge in [0.15, 0.2) is 0 Å². The molecule has 1 heterocycles. The van der Waals surface area contributed by atoms with E-state index < -0.39 is 5.97 Å². The number of imidazole rings is 1. The third kappa shape index (κ3) is 2.38. The van der Waals surface area contributed by atoms with E-state index in [1.807, 2.05) is 28.8 Å². The van der Waals surface area contributed by atoms with E-state index in [0.717, 1.165) is 16.6 Å². The van der Waals surface area contributed by atoms with Gasteiger partial charge < -0.3 is 9.67 Å². The third-order valence-electron chi connectivity index (χ3n) is 3.11. The fourth-order valence-corrected chi connectivity index (χ4v) is 2.36. The second-order valence-electron chi connectivity index (χ2n) is 4.51. The summed E-state index contributed by atoms with van der Waals surface area (Å²) in [4.78, 5) is 15.3. The quantitative estimate of drug-likeness (QED) is 0.802. The first-order chi connectivity index (χ1) is 9.63. The summed E-state index contributed by atoms with van der Waals surface area (Å²) in [6.45, 7) is 0.597. The van der Waals surface area contributed by atoms with Gasteiger partial charge >= 0.3 is 5.97 Å². The molecule has 5 heteroatoms. The third-order valence-corrected chi connectivity index (χ3v) is 3.35. The SMILES string of the molecule is O=C(O)c1ccc2ncn(Cc3cccc(Cl)c3)c2c1. The van der Waals surface area contributed by atoms with Crippen molar-refractivity contribution in [3.05, 3.63) is 64.9 Å². The van der Waals surface area contributed by atoms with Crippen LogP contribution in [0.2, 0.25) is 5.02 Å². The number of carboxylic acids is 1. The van der Waals surface area contributed by atoms with Crippen molar-refractivity contribution in [2.75, 3.05) is 0 Å². The molecule has 0 fully saturated rings. The molecule has 2 aromatic carbocycles. The summed E-state index contributed by atoms with van der Waals surface area (Å²) in [5.74, 6) is -0.942. The molecular formula is C15H11ClN2O2.